The molecule has 3 atom stereocenters. The Balaban J connectivity index is 1.91. The van der Waals surface area contributed by atoms with Crippen LogP contribution in [0, 0.1) is 12.8 Å². The molecule has 0 bridgehead atoms. The van der Waals surface area contributed by atoms with Crippen LogP contribution in [0.5, 0.6) is 5.75 Å². The number of fused-ring (bicyclic) bond motifs is 3. The second-order valence-corrected chi connectivity index (χ2v) is 7.81. The van der Waals surface area contributed by atoms with Crippen molar-refractivity contribution in [2.75, 3.05) is 0 Å². The highest BCUT2D eigenvalue weighted by molar-refractivity contribution is 5.90. The van der Waals surface area contributed by atoms with Crippen LogP contribution in [0.25, 0.3) is 11.0 Å². The van der Waals surface area contributed by atoms with E-state index in [1.807, 2.05) is 19.9 Å². The fraction of sp³-hybridized carbons (Fsp3) is 0.500. The van der Waals surface area contributed by atoms with E-state index >= 15 is 0 Å². The third-order valence-electron chi connectivity index (χ3n) is 5.63. The van der Waals surface area contributed by atoms with Crippen molar-refractivity contribution in [3.8, 4) is 5.75 Å². The van der Waals surface area contributed by atoms with Crippen LogP contribution in [0.4, 0.5) is 0 Å². The minimum absolute atomic E-state index is 0.207. The normalized spacial score (nSPS) is 16.1. The van der Waals surface area contributed by atoms with Crippen LogP contribution in [0.2, 0.25) is 0 Å². The Labute approximate surface area is 169 Å². The number of hydrogen-bond acceptors (Lipinski definition) is 5. The van der Waals surface area contributed by atoms with Crippen LogP contribution in [0.1, 0.15) is 50.3 Å². The monoisotopic (exact) mass is 401 g/mol. The summed E-state index contributed by atoms with van der Waals surface area (Å²) in [6, 6.07) is 2.62. The molecule has 0 spiro atoms. The van der Waals surface area contributed by atoms with Gasteiger partial charge >= 0.3 is 11.6 Å². The lowest BCUT2D eigenvalue weighted by Crippen LogP contribution is -2.49. The van der Waals surface area contributed by atoms with Crippen molar-refractivity contribution in [1.82, 2.24) is 5.32 Å². The lowest BCUT2D eigenvalue weighted by molar-refractivity contribution is -0.144. The predicted octanol–water partition coefficient (Wildman–Crippen LogP) is 2.97. The molecule has 1 aromatic carbocycles. The molecule has 1 aromatic heterocycles. The van der Waals surface area contributed by atoms with Gasteiger partial charge in [0.25, 0.3) is 5.91 Å². The number of aliphatic carboxylic acids is 1. The molecule has 0 saturated carbocycles. The Bertz CT molecular complexity index is 1010. The summed E-state index contributed by atoms with van der Waals surface area (Å²) in [7, 11) is 0. The highest BCUT2D eigenvalue weighted by atomic mass is 16.5. The van der Waals surface area contributed by atoms with Crippen LogP contribution in [0.15, 0.2) is 21.3 Å². The smallest absolute Gasteiger partial charge is 0.339 e. The van der Waals surface area contributed by atoms with Crippen molar-refractivity contribution in [3.05, 3.63) is 39.2 Å². The van der Waals surface area contributed by atoms with E-state index in [1.165, 1.54) is 0 Å². The summed E-state index contributed by atoms with van der Waals surface area (Å²) in [5.74, 6) is -1.30. The fourth-order valence-corrected chi connectivity index (χ4v) is 3.80. The van der Waals surface area contributed by atoms with Crippen molar-refractivity contribution in [2.24, 2.45) is 5.92 Å². The lowest BCUT2D eigenvalue weighted by atomic mass is 9.99. The van der Waals surface area contributed by atoms with E-state index < -0.39 is 24.0 Å². The molecule has 0 fully saturated rings. The molecule has 7 nitrogen and oxygen atoms in total. The Morgan fingerprint density at radius 3 is 2.59 bits per heavy atom. The van der Waals surface area contributed by atoms with E-state index in [9.17, 15) is 19.5 Å². The molecule has 0 saturated heterocycles. The van der Waals surface area contributed by atoms with E-state index in [0.717, 1.165) is 29.4 Å². The molecular weight excluding hydrogens is 374 g/mol. The van der Waals surface area contributed by atoms with Gasteiger partial charge in [-0.3, -0.25) is 4.79 Å². The maximum absolute atomic E-state index is 12.6. The lowest BCUT2D eigenvalue weighted by Gasteiger charge is -2.23. The van der Waals surface area contributed by atoms with Gasteiger partial charge in [-0.05, 0) is 62.3 Å². The van der Waals surface area contributed by atoms with Gasteiger partial charge in [0, 0.05) is 5.56 Å². The highest BCUT2D eigenvalue weighted by Crippen LogP contribution is 2.35. The van der Waals surface area contributed by atoms with Gasteiger partial charge in [0.1, 0.15) is 17.4 Å². The zero-order chi connectivity index (χ0) is 21.3. The first-order valence-corrected chi connectivity index (χ1v) is 10.0. The molecule has 1 aliphatic carbocycles. The van der Waals surface area contributed by atoms with Gasteiger partial charge in [0.2, 0.25) is 0 Å². The fourth-order valence-electron chi connectivity index (χ4n) is 3.80. The Kier molecular flexibility index (Phi) is 5.96. The molecule has 2 aromatic rings. The maximum Gasteiger partial charge on any atom is 0.339 e. The first-order chi connectivity index (χ1) is 13.7. The molecule has 7 heteroatoms. The number of nitrogens with one attached hydrogen (secondary N) is 1. The van der Waals surface area contributed by atoms with E-state index in [1.54, 1.807) is 19.9 Å². The quantitative estimate of drug-likeness (QED) is 0.691. The second-order valence-electron chi connectivity index (χ2n) is 7.81. The van der Waals surface area contributed by atoms with Gasteiger partial charge in [0.05, 0.1) is 5.39 Å². The predicted molar refractivity (Wildman–Crippen MR) is 108 cm³/mol. The van der Waals surface area contributed by atoms with Crippen molar-refractivity contribution in [1.29, 1.82) is 0 Å². The summed E-state index contributed by atoms with van der Waals surface area (Å²) >= 11 is 0. The molecule has 1 aliphatic rings. The van der Waals surface area contributed by atoms with Crippen molar-refractivity contribution >= 4 is 22.8 Å². The molecule has 156 valence electrons. The molecule has 0 aliphatic heterocycles. The Morgan fingerprint density at radius 1 is 1.24 bits per heavy atom. The van der Waals surface area contributed by atoms with E-state index in [4.69, 9.17) is 9.15 Å². The summed E-state index contributed by atoms with van der Waals surface area (Å²) in [6.45, 7) is 7.09. The van der Waals surface area contributed by atoms with Crippen LogP contribution < -0.4 is 15.7 Å². The average molecular weight is 401 g/mol. The van der Waals surface area contributed by atoms with Crippen LogP contribution in [-0.4, -0.2) is 29.1 Å². The number of carbonyl (C=O) groups excluding carboxylic acids is 1. The number of ether oxygens (including phenoxy) is 1. The van der Waals surface area contributed by atoms with E-state index in [2.05, 4.69) is 5.32 Å². The standard InChI is InChI=1S/C22H27NO6/c1-5-12(3)19(21(25)26)23-20(24)13(4)28-16-9-11(2)10-17-18(16)14-7-6-8-15(14)22(27)29-17/h9-10,12-13,19H,5-8H2,1-4H3,(H,23,24)(H,25,26)/t12-,13?,19+/m1/s1. The minimum Gasteiger partial charge on any atom is -0.480 e. The molecule has 1 amide bonds. The van der Waals surface area contributed by atoms with Crippen molar-refractivity contribution < 1.29 is 23.8 Å². The number of amides is 1. The van der Waals surface area contributed by atoms with Crippen LogP contribution in [0.3, 0.4) is 0 Å². The summed E-state index contributed by atoms with van der Waals surface area (Å²) < 4.78 is 11.5. The number of carbonyl (C=O) groups is 2. The van der Waals surface area contributed by atoms with Crippen molar-refractivity contribution in [2.45, 2.75) is 65.5 Å². The summed E-state index contributed by atoms with van der Waals surface area (Å²) in [5, 5.41) is 12.7. The first-order valence-electron chi connectivity index (χ1n) is 10.0. The van der Waals surface area contributed by atoms with E-state index in [0.29, 0.717) is 29.7 Å². The summed E-state index contributed by atoms with van der Waals surface area (Å²) in [5.41, 5.74) is 2.56. The van der Waals surface area contributed by atoms with Crippen molar-refractivity contribution in [3.63, 3.8) is 0 Å². The number of hydrogen-bond donors (Lipinski definition) is 2. The molecule has 29 heavy (non-hydrogen) atoms. The minimum atomic E-state index is -1.07. The first kappa shape index (κ1) is 20.9. The van der Waals surface area contributed by atoms with Gasteiger partial charge < -0.3 is 19.6 Å². The number of rotatable bonds is 7. The summed E-state index contributed by atoms with van der Waals surface area (Å²) in [4.78, 5) is 36.3. The Morgan fingerprint density at radius 2 is 1.93 bits per heavy atom. The molecule has 3 rings (SSSR count). The summed E-state index contributed by atoms with van der Waals surface area (Å²) in [6.07, 6.45) is 2.02. The number of aryl methyl sites for hydroxylation is 2. The SMILES string of the molecule is CC[C@@H](C)[C@H](NC(=O)C(C)Oc1cc(C)cc2oc(=O)c3c(c12)CCC3)C(=O)O. The van der Waals surface area contributed by atoms with E-state index in [-0.39, 0.29) is 11.5 Å². The highest BCUT2D eigenvalue weighted by Gasteiger charge is 2.29. The maximum atomic E-state index is 12.6. The zero-order valence-electron chi connectivity index (χ0n) is 17.2. The molecular formula is C22H27NO6. The van der Waals surface area contributed by atoms with Gasteiger partial charge in [-0.25, -0.2) is 9.59 Å². The van der Waals surface area contributed by atoms with Gasteiger partial charge in [0.15, 0.2) is 6.10 Å². The zero-order valence-corrected chi connectivity index (χ0v) is 17.2. The third kappa shape index (κ3) is 4.13. The number of benzene rings is 1. The molecule has 1 unspecified atom stereocenters. The van der Waals surface area contributed by atoms with Gasteiger partial charge in [-0.2, -0.15) is 0 Å². The molecule has 0 radical (unpaired) electrons. The van der Waals surface area contributed by atoms with Crippen LogP contribution >= 0.6 is 0 Å². The van der Waals surface area contributed by atoms with Crippen LogP contribution in [-0.2, 0) is 22.4 Å². The molecule has 2 N–H and O–H groups in total. The largest absolute Gasteiger partial charge is 0.480 e. The second kappa shape index (κ2) is 8.27. The Hall–Kier alpha value is -2.83. The third-order valence-corrected chi connectivity index (χ3v) is 5.63. The number of carboxylic acids is 1. The molecule has 1 heterocycles. The topological polar surface area (TPSA) is 106 Å². The van der Waals surface area contributed by atoms with Gasteiger partial charge in [-0.15, -0.1) is 0 Å². The van der Waals surface area contributed by atoms with Gasteiger partial charge in [-0.1, -0.05) is 20.3 Å². The number of carboxylic acid groups (broad SMARTS) is 1. The average Bonchev–Trinajstić information content (AvgIpc) is 3.14.